The topological polar surface area (TPSA) is 135 Å². The summed E-state index contributed by atoms with van der Waals surface area (Å²) in [7, 11) is 0. The summed E-state index contributed by atoms with van der Waals surface area (Å²) >= 11 is 5.52. The van der Waals surface area contributed by atoms with Gasteiger partial charge in [0.1, 0.15) is 17.4 Å². The van der Waals surface area contributed by atoms with Gasteiger partial charge in [0, 0.05) is 0 Å². The predicted octanol–water partition coefficient (Wildman–Crippen LogP) is 0.941. The first-order valence-electron chi connectivity index (χ1n) is 5.45. The molecular formula is C10H8ClN9. The Morgan fingerprint density at radius 3 is 2.65 bits per heavy atom. The third-order valence-electron chi connectivity index (χ3n) is 2.38. The molecule has 20 heavy (non-hydrogen) atoms. The Kier molecular flexibility index (Phi) is 3.09. The van der Waals surface area contributed by atoms with E-state index >= 15 is 0 Å². The number of H-pyrrole nitrogens is 2. The molecule has 0 aromatic carbocycles. The number of nitrogens with one attached hydrogen (secondary N) is 2. The molecule has 4 aromatic heterocycles. The summed E-state index contributed by atoms with van der Waals surface area (Å²) in [6.07, 6.45) is 6.25. The van der Waals surface area contributed by atoms with Crippen molar-refractivity contribution in [3.63, 3.8) is 0 Å². The molecule has 4 heterocycles. The van der Waals surface area contributed by atoms with E-state index in [9.17, 15) is 0 Å². The Morgan fingerprint density at radius 2 is 1.80 bits per heavy atom. The number of anilines is 1. The molecule has 0 saturated carbocycles. The number of aromatic amines is 2. The highest BCUT2D eigenvalue weighted by atomic mass is 35.5. The summed E-state index contributed by atoms with van der Waals surface area (Å²) in [6, 6.07) is 0. The normalized spacial score (nSPS) is 10.4. The van der Waals surface area contributed by atoms with Gasteiger partial charge in [-0.05, 0) is 11.6 Å². The maximum absolute atomic E-state index is 5.52. The van der Waals surface area contributed by atoms with E-state index in [-0.39, 0.29) is 5.28 Å². The van der Waals surface area contributed by atoms with Crippen molar-refractivity contribution >= 4 is 39.7 Å². The lowest BCUT2D eigenvalue weighted by molar-refractivity contribution is 1.20. The first kappa shape index (κ1) is 12.2. The molecular weight excluding hydrogens is 282 g/mol. The summed E-state index contributed by atoms with van der Waals surface area (Å²) in [5.74, 6) is 0.317. The van der Waals surface area contributed by atoms with E-state index in [1.807, 2.05) is 0 Å². The van der Waals surface area contributed by atoms with Gasteiger partial charge in [-0.2, -0.15) is 9.97 Å². The number of rotatable bonds is 0. The van der Waals surface area contributed by atoms with Gasteiger partial charge < -0.3 is 15.7 Å². The molecule has 0 aliphatic heterocycles. The van der Waals surface area contributed by atoms with Crippen molar-refractivity contribution in [3.05, 3.63) is 30.5 Å². The Hall–Kier alpha value is -2.81. The predicted molar refractivity (Wildman–Crippen MR) is 72.8 cm³/mol. The largest absolute Gasteiger partial charge is 0.382 e. The number of fused-ring (bicyclic) bond motifs is 2. The summed E-state index contributed by atoms with van der Waals surface area (Å²) < 4.78 is 0. The van der Waals surface area contributed by atoms with Crippen LogP contribution in [0.1, 0.15) is 0 Å². The molecule has 0 atom stereocenters. The van der Waals surface area contributed by atoms with Gasteiger partial charge in [-0.25, -0.2) is 19.9 Å². The Balaban J connectivity index is 0.000000123. The minimum absolute atomic E-state index is 0.113. The van der Waals surface area contributed by atoms with Gasteiger partial charge in [0.25, 0.3) is 0 Å². The van der Waals surface area contributed by atoms with E-state index < -0.39 is 0 Å². The van der Waals surface area contributed by atoms with Gasteiger partial charge in [0.15, 0.2) is 17.1 Å². The first-order chi connectivity index (χ1) is 9.74. The van der Waals surface area contributed by atoms with Crippen LogP contribution in [0.15, 0.2) is 25.2 Å². The molecule has 0 radical (unpaired) electrons. The van der Waals surface area contributed by atoms with Crippen LogP contribution in [0.25, 0.3) is 22.3 Å². The minimum Gasteiger partial charge on any atom is -0.382 e. The highest BCUT2D eigenvalue weighted by Crippen LogP contribution is 2.14. The van der Waals surface area contributed by atoms with Gasteiger partial charge in [0.05, 0.1) is 18.9 Å². The number of aromatic nitrogens is 8. The van der Waals surface area contributed by atoms with Gasteiger partial charge in [0.2, 0.25) is 5.28 Å². The number of hydrogen-bond donors (Lipinski definition) is 3. The molecule has 0 unspecified atom stereocenters. The first-order valence-corrected chi connectivity index (χ1v) is 5.83. The lowest BCUT2D eigenvalue weighted by Crippen LogP contribution is -1.93. The molecule has 100 valence electrons. The quantitative estimate of drug-likeness (QED) is 0.410. The highest BCUT2D eigenvalue weighted by Gasteiger charge is 2.03. The Morgan fingerprint density at radius 1 is 1.00 bits per heavy atom. The molecule has 0 saturated heterocycles. The fraction of sp³-hybridized carbons (Fsp3) is 0. The Labute approximate surface area is 116 Å². The molecule has 0 bridgehead atoms. The average molecular weight is 290 g/mol. The van der Waals surface area contributed by atoms with Crippen LogP contribution in [0, 0.1) is 0 Å². The summed E-state index contributed by atoms with van der Waals surface area (Å²) in [6.45, 7) is 0. The van der Waals surface area contributed by atoms with Crippen LogP contribution < -0.4 is 5.73 Å². The van der Waals surface area contributed by atoms with E-state index in [0.29, 0.717) is 22.6 Å². The molecule has 0 amide bonds. The van der Waals surface area contributed by atoms with Crippen molar-refractivity contribution in [1.82, 2.24) is 39.9 Å². The number of hydrogen-bond acceptors (Lipinski definition) is 7. The maximum atomic E-state index is 5.52. The second kappa shape index (κ2) is 5.05. The molecule has 0 spiro atoms. The average Bonchev–Trinajstić information content (AvgIpc) is 3.06. The van der Waals surface area contributed by atoms with Crippen molar-refractivity contribution in [3.8, 4) is 0 Å². The standard InChI is InChI=1S/C5H4ClN5.C5H4N4/c6-5-10-3(7)2-4(11-5)9-1-8-2;1-4-5(8-2-6-1)9-3-7-4/h1H,(H3,7,8,9,10,11);1-3H,(H,6,7,8,9). The Bertz CT molecular complexity index is 822. The van der Waals surface area contributed by atoms with E-state index in [2.05, 4.69) is 39.9 Å². The van der Waals surface area contributed by atoms with Crippen LogP contribution in [0.2, 0.25) is 5.28 Å². The van der Waals surface area contributed by atoms with Crippen molar-refractivity contribution in [1.29, 1.82) is 0 Å². The van der Waals surface area contributed by atoms with Crippen LogP contribution in [-0.2, 0) is 0 Å². The SMILES string of the molecule is Nc1nc(Cl)nc2nc[nH]c12.c1ncc2[nH]cnc2n1. The zero-order chi connectivity index (χ0) is 13.9. The molecule has 9 nitrogen and oxygen atoms in total. The zero-order valence-corrected chi connectivity index (χ0v) is 10.7. The van der Waals surface area contributed by atoms with Gasteiger partial charge in [-0.15, -0.1) is 0 Å². The molecule has 0 fully saturated rings. The lowest BCUT2D eigenvalue weighted by Gasteiger charge is -1.92. The summed E-state index contributed by atoms with van der Waals surface area (Å²) in [5.41, 5.74) is 8.19. The summed E-state index contributed by atoms with van der Waals surface area (Å²) in [4.78, 5) is 28.7. The lowest BCUT2D eigenvalue weighted by atomic mass is 10.5. The fourth-order valence-corrected chi connectivity index (χ4v) is 1.69. The van der Waals surface area contributed by atoms with E-state index in [4.69, 9.17) is 17.3 Å². The number of halogens is 1. The van der Waals surface area contributed by atoms with Gasteiger partial charge >= 0.3 is 0 Å². The molecule has 4 rings (SSSR count). The van der Waals surface area contributed by atoms with Gasteiger partial charge in [-0.1, -0.05) is 0 Å². The number of nitrogens with two attached hydrogens (primary N) is 1. The van der Waals surface area contributed by atoms with Crippen LogP contribution >= 0.6 is 11.6 Å². The number of imidazole rings is 2. The second-order valence-electron chi connectivity index (χ2n) is 3.64. The van der Waals surface area contributed by atoms with E-state index in [0.717, 1.165) is 5.52 Å². The van der Waals surface area contributed by atoms with E-state index in [1.54, 1.807) is 12.5 Å². The molecule has 4 N–H and O–H groups in total. The third-order valence-corrected chi connectivity index (χ3v) is 2.55. The molecule has 4 aromatic rings. The fourth-order valence-electron chi connectivity index (χ4n) is 1.52. The molecule has 0 aliphatic carbocycles. The summed E-state index contributed by atoms with van der Waals surface area (Å²) in [5, 5.41) is 0.113. The zero-order valence-electron chi connectivity index (χ0n) is 9.95. The minimum atomic E-state index is 0.113. The van der Waals surface area contributed by atoms with Crippen molar-refractivity contribution < 1.29 is 0 Å². The van der Waals surface area contributed by atoms with Gasteiger partial charge in [-0.3, -0.25) is 0 Å². The molecule has 10 heteroatoms. The van der Waals surface area contributed by atoms with Crippen molar-refractivity contribution in [2.24, 2.45) is 0 Å². The maximum Gasteiger partial charge on any atom is 0.226 e. The van der Waals surface area contributed by atoms with E-state index in [1.165, 1.54) is 12.7 Å². The van der Waals surface area contributed by atoms with Crippen LogP contribution in [0.4, 0.5) is 5.82 Å². The van der Waals surface area contributed by atoms with Crippen molar-refractivity contribution in [2.45, 2.75) is 0 Å². The number of nitrogen functional groups attached to an aromatic ring is 1. The third kappa shape index (κ3) is 2.34. The molecule has 0 aliphatic rings. The smallest absolute Gasteiger partial charge is 0.226 e. The highest BCUT2D eigenvalue weighted by molar-refractivity contribution is 6.28. The van der Waals surface area contributed by atoms with Crippen LogP contribution in [0.3, 0.4) is 0 Å². The monoisotopic (exact) mass is 289 g/mol. The van der Waals surface area contributed by atoms with Crippen LogP contribution in [0.5, 0.6) is 0 Å². The van der Waals surface area contributed by atoms with Crippen molar-refractivity contribution in [2.75, 3.05) is 5.73 Å². The van der Waals surface area contributed by atoms with Crippen LogP contribution in [-0.4, -0.2) is 39.9 Å². The number of nitrogens with zero attached hydrogens (tertiary/aromatic N) is 6. The second-order valence-corrected chi connectivity index (χ2v) is 3.98.